The van der Waals surface area contributed by atoms with Crippen molar-refractivity contribution in [3.63, 3.8) is 0 Å². The molecule has 0 bridgehead atoms. The van der Waals surface area contributed by atoms with E-state index >= 15 is 0 Å². The second-order valence-electron chi connectivity index (χ2n) is 5.55. The van der Waals surface area contributed by atoms with Gasteiger partial charge in [-0.3, -0.25) is 0 Å². The van der Waals surface area contributed by atoms with Crippen molar-refractivity contribution < 1.29 is 28.2 Å². The van der Waals surface area contributed by atoms with Crippen LogP contribution in [0, 0.1) is 11.8 Å². The maximum absolute atomic E-state index is 12.7. The lowest BCUT2D eigenvalue weighted by Crippen LogP contribution is -2.49. The summed E-state index contributed by atoms with van der Waals surface area (Å²) in [6, 6.07) is 0.487. The van der Waals surface area contributed by atoms with Crippen molar-refractivity contribution in [2.45, 2.75) is 17.4 Å². The highest BCUT2D eigenvalue weighted by molar-refractivity contribution is 7.89. The number of piperidine rings is 1. The molecular formula is C13H9Cl2NO6S-2. The number of nitrogens with zero attached hydrogens (tertiary/aromatic N) is 1. The number of halogens is 2. The number of rotatable bonds is 4. The van der Waals surface area contributed by atoms with Crippen LogP contribution in [0.1, 0.15) is 16.8 Å². The third-order valence-electron chi connectivity index (χ3n) is 4.18. The van der Waals surface area contributed by atoms with Crippen molar-refractivity contribution in [2.24, 2.45) is 11.8 Å². The number of sulfonamides is 1. The highest BCUT2D eigenvalue weighted by Gasteiger charge is 2.56. The number of aliphatic carboxylic acids is 1. The summed E-state index contributed by atoms with van der Waals surface area (Å²) < 4.78 is 26.2. The molecule has 0 radical (unpaired) electrons. The van der Waals surface area contributed by atoms with Crippen LogP contribution < -0.4 is 10.2 Å². The van der Waals surface area contributed by atoms with Gasteiger partial charge in [0.15, 0.2) is 0 Å². The van der Waals surface area contributed by atoms with E-state index in [2.05, 4.69) is 0 Å². The molecule has 1 aromatic rings. The molecule has 2 fully saturated rings. The topological polar surface area (TPSA) is 118 Å². The summed E-state index contributed by atoms with van der Waals surface area (Å²) in [5.74, 6) is -3.45. The van der Waals surface area contributed by atoms with E-state index in [0.29, 0.717) is 6.42 Å². The summed E-state index contributed by atoms with van der Waals surface area (Å²) in [6.45, 7) is 0.0330. The average Bonchev–Trinajstić information content (AvgIpc) is 3.07. The average molecular weight is 378 g/mol. The maximum Gasteiger partial charge on any atom is 0.245 e. The van der Waals surface area contributed by atoms with Gasteiger partial charge >= 0.3 is 0 Å². The van der Waals surface area contributed by atoms with Crippen LogP contribution in [0.3, 0.4) is 0 Å². The molecule has 3 rings (SSSR count). The largest absolute Gasteiger partial charge is 0.548 e. The molecule has 10 heteroatoms. The van der Waals surface area contributed by atoms with Gasteiger partial charge in [0, 0.05) is 12.1 Å². The van der Waals surface area contributed by atoms with E-state index in [9.17, 15) is 28.2 Å². The molecule has 1 heterocycles. The maximum atomic E-state index is 12.7. The summed E-state index contributed by atoms with van der Waals surface area (Å²) in [5, 5.41) is 21.7. The van der Waals surface area contributed by atoms with Crippen LogP contribution in [-0.2, 0) is 14.8 Å². The Labute approximate surface area is 141 Å². The molecule has 0 unspecified atom stereocenters. The van der Waals surface area contributed by atoms with Crippen LogP contribution >= 0.6 is 23.2 Å². The summed E-state index contributed by atoms with van der Waals surface area (Å²) >= 11 is 11.6. The zero-order valence-corrected chi connectivity index (χ0v) is 13.7. The Balaban J connectivity index is 2.08. The Morgan fingerprint density at radius 3 is 2.39 bits per heavy atom. The SMILES string of the molecule is O=C([O-])c1cc(S(=O)(=O)N2C[C@@H]3C[C@@H]3[C@@H]2C(=O)[O-])c(Cl)cc1Cl. The third kappa shape index (κ3) is 2.59. The predicted molar refractivity (Wildman–Crippen MR) is 75.1 cm³/mol. The number of fused-ring (bicyclic) bond motifs is 1. The minimum Gasteiger partial charge on any atom is -0.548 e. The zero-order chi connectivity index (χ0) is 17.1. The minimum atomic E-state index is -4.31. The van der Waals surface area contributed by atoms with Crippen LogP contribution in [0.25, 0.3) is 0 Å². The molecule has 7 nitrogen and oxygen atoms in total. The molecular weight excluding hydrogens is 369 g/mol. The number of hydrogen-bond acceptors (Lipinski definition) is 6. The number of hydrogen-bond donors (Lipinski definition) is 0. The first-order valence-electron chi connectivity index (χ1n) is 6.57. The lowest BCUT2D eigenvalue weighted by atomic mass is 10.2. The van der Waals surface area contributed by atoms with E-state index < -0.39 is 38.5 Å². The molecule has 23 heavy (non-hydrogen) atoms. The monoisotopic (exact) mass is 377 g/mol. The van der Waals surface area contributed by atoms with Gasteiger partial charge in [0.25, 0.3) is 0 Å². The second kappa shape index (κ2) is 5.34. The van der Waals surface area contributed by atoms with Gasteiger partial charge in [0.05, 0.1) is 28.0 Å². The van der Waals surface area contributed by atoms with Crippen LogP contribution in [0.2, 0.25) is 10.0 Å². The van der Waals surface area contributed by atoms with Crippen molar-refractivity contribution in [1.82, 2.24) is 4.31 Å². The summed E-state index contributed by atoms with van der Waals surface area (Å²) in [4.78, 5) is 21.8. The fraction of sp³-hybridized carbons (Fsp3) is 0.385. The molecule has 1 aliphatic carbocycles. The summed E-state index contributed by atoms with van der Waals surface area (Å²) in [7, 11) is -4.31. The van der Waals surface area contributed by atoms with Gasteiger partial charge in [-0.25, -0.2) is 8.42 Å². The predicted octanol–water partition coefficient (Wildman–Crippen LogP) is -0.884. The van der Waals surface area contributed by atoms with Gasteiger partial charge in [0.2, 0.25) is 10.0 Å². The van der Waals surface area contributed by atoms with Crippen molar-refractivity contribution in [3.8, 4) is 0 Å². The molecule has 0 N–H and O–H groups in total. The van der Waals surface area contributed by atoms with Gasteiger partial charge in [-0.05, 0) is 30.4 Å². The number of benzene rings is 1. The lowest BCUT2D eigenvalue weighted by molar-refractivity contribution is -0.310. The number of carbonyl (C=O) groups excluding carboxylic acids is 2. The minimum absolute atomic E-state index is 0.0284. The Morgan fingerprint density at radius 1 is 1.17 bits per heavy atom. The Kier molecular flexibility index (Phi) is 3.83. The molecule has 1 saturated carbocycles. The first kappa shape index (κ1) is 16.5. The molecule has 1 aliphatic heterocycles. The van der Waals surface area contributed by atoms with Crippen LogP contribution in [0.4, 0.5) is 0 Å². The third-order valence-corrected chi connectivity index (χ3v) is 6.80. The fourth-order valence-electron chi connectivity index (χ4n) is 2.98. The van der Waals surface area contributed by atoms with Crippen molar-refractivity contribution in [3.05, 3.63) is 27.7 Å². The Bertz CT molecular complexity index is 824. The van der Waals surface area contributed by atoms with E-state index in [1.807, 2.05) is 0 Å². The van der Waals surface area contributed by atoms with E-state index in [4.69, 9.17) is 23.2 Å². The van der Waals surface area contributed by atoms with E-state index in [0.717, 1.165) is 16.4 Å². The van der Waals surface area contributed by atoms with E-state index in [1.54, 1.807) is 0 Å². The zero-order valence-electron chi connectivity index (χ0n) is 11.4. The molecule has 1 aromatic carbocycles. The van der Waals surface area contributed by atoms with E-state index in [-0.39, 0.29) is 28.4 Å². The van der Waals surface area contributed by atoms with Crippen molar-refractivity contribution in [2.75, 3.05) is 6.54 Å². The lowest BCUT2D eigenvalue weighted by Gasteiger charge is -2.28. The molecule has 0 spiro atoms. The van der Waals surface area contributed by atoms with Gasteiger partial charge in [-0.1, -0.05) is 23.2 Å². The fourth-order valence-corrected chi connectivity index (χ4v) is 5.48. The summed E-state index contributed by atoms with van der Waals surface area (Å²) in [5.41, 5.74) is -0.538. The summed E-state index contributed by atoms with van der Waals surface area (Å²) in [6.07, 6.45) is 0.628. The standard InChI is InChI=1S/C13H11Cl2NO6S/c14-8-3-9(15)10(2-7(8)12(17)18)23(21,22)16-4-5-1-6(5)11(16)13(19)20/h2-3,5-6,11H,1,4H2,(H,17,18)(H,19,20)/p-2/t5-,6-,11+/m0/s1. The molecule has 3 atom stereocenters. The van der Waals surface area contributed by atoms with Gasteiger partial charge in [-0.15, -0.1) is 0 Å². The number of aromatic carboxylic acids is 1. The molecule has 0 aromatic heterocycles. The van der Waals surface area contributed by atoms with Gasteiger partial charge < -0.3 is 19.8 Å². The van der Waals surface area contributed by atoms with Crippen LogP contribution in [0.15, 0.2) is 17.0 Å². The van der Waals surface area contributed by atoms with Crippen molar-refractivity contribution >= 4 is 45.2 Å². The Morgan fingerprint density at radius 2 is 1.83 bits per heavy atom. The number of carboxylic acids is 2. The van der Waals surface area contributed by atoms with Gasteiger partial charge in [-0.2, -0.15) is 4.31 Å². The highest BCUT2D eigenvalue weighted by Crippen LogP contribution is 2.51. The molecule has 0 amide bonds. The van der Waals surface area contributed by atoms with Gasteiger partial charge in [0.1, 0.15) is 4.90 Å². The first-order valence-corrected chi connectivity index (χ1v) is 8.77. The van der Waals surface area contributed by atoms with Crippen molar-refractivity contribution in [1.29, 1.82) is 0 Å². The highest BCUT2D eigenvalue weighted by atomic mass is 35.5. The molecule has 124 valence electrons. The number of carboxylic acid groups (broad SMARTS) is 2. The number of carbonyl (C=O) groups is 2. The first-order chi connectivity index (χ1) is 10.6. The Hall–Kier alpha value is -1.35. The second-order valence-corrected chi connectivity index (χ2v) is 8.22. The van der Waals surface area contributed by atoms with E-state index in [1.165, 1.54) is 0 Å². The molecule has 2 aliphatic rings. The smallest absolute Gasteiger partial charge is 0.245 e. The van der Waals surface area contributed by atoms with Crippen LogP contribution in [0.5, 0.6) is 0 Å². The molecule has 1 saturated heterocycles. The quantitative estimate of drug-likeness (QED) is 0.671. The van der Waals surface area contributed by atoms with Crippen LogP contribution in [-0.4, -0.2) is 37.2 Å². The normalized spacial score (nSPS) is 26.8.